The van der Waals surface area contributed by atoms with E-state index >= 15 is 0 Å². The number of carbonyl (C=O) groups excluding carboxylic acids is 1. The van der Waals surface area contributed by atoms with Gasteiger partial charge in [0.1, 0.15) is 6.04 Å². The number of amides is 1. The van der Waals surface area contributed by atoms with E-state index in [1.165, 1.54) is 0 Å². The van der Waals surface area contributed by atoms with Gasteiger partial charge in [0, 0.05) is 6.20 Å². The van der Waals surface area contributed by atoms with Gasteiger partial charge in [0.25, 0.3) is 0 Å². The van der Waals surface area contributed by atoms with Crippen molar-refractivity contribution in [1.82, 2.24) is 10.3 Å². The van der Waals surface area contributed by atoms with Gasteiger partial charge in [-0.05, 0) is 31.2 Å². The average molecular weight is 333 g/mol. The molecular formula is C16H19N3O3S. The molecule has 1 aromatic heterocycles. The Balaban J connectivity index is 2.14. The average Bonchev–Trinajstić information content (AvgIpc) is 2.53. The Morgan fingerprint density at radius 1 is 1.17 bits per heavy atom. The molecule has 1 atom stereocenters. The minimum absolute atomic E-state index is 0.246. The molecule has 7 heteroatoms. The number of pyridine rings is 1. The molecule has 2 rings (SSSR count). The van der Waals surface area contributed by atoms with Crippen LogP contribution in [0.25, 0.3) is 0 Å². The predicted molar refractivity (Wildman–Crippen MR) is 89.3 cm³/mol. The Labute approximate surface area is 136 Å². The van der Waals surface area contributed by atoms with Gasteiger partial charge in [-0.1, -0.05) is 24.3 Å². The van der Waals surface area contributed by atoms with Crippen molar-refractivity contribution in [3.63, 3.8) is 0 Å². The molecule has 0 spiro atoms. The standard InChI is InChI=1S/C16H19N3O3S/c1-13(16(20)18-12-14-8-6-7-11-17-14)19(23(2,21)22)15-9-4-3-5-10-15/h3-11,13H,12H2,1-2H3,(H,18,20). The highest BCUT2D eigenvalue weighted by atomic mass is 32.2. The number of nitrogens with one attached hydrogen (secondary N) is 1. The lowest BCUT2D eigenvalue weighted by molar-refractivity contribution is -0.122. The smallest absolute Gasteiger partial charge is 0.243 e. The first-order chi connectivity index (χ1) is 10.9. The Hall–Kier alpha value is -2.41. The molecule has 0 saturated carbocycles. The van der Waals surface area contributed by atoms with Crippen molar-refractivity contribution >= 4 is 21.6 Å². The molecule has 0 radical (unpaired) electrons. The molecule has 0 aliphatic rings. The van der Waals surface area contributed by atoms with E-state index in [0.29, 0.717) is 11.4 Å². The van der Waals surface area contributed by atoms with Crippen molar-refractivity contribution in [1.29, 1.82) is 0 Å². The Morgan fingerprint density at radius 3 is 2.39 bits per heavy atom. The molecule has 0 bridgehead atoms. The molecular weight excluding hydrogens is 314 g/mol. The maximum absolute atomic E-state index is 12.3. The summed E-state index contributed by atoms with van der Waals surface area (Å²) in [6.45, 7) is 1.80. The summed E-state index contributed by atoms with van der Waals surface area (Å²) in [5.41, 5.74) is 1.16. The summed E-state index contributed by atoms with van der Waals surface area (Å²) >= 11 is 0. The summed E-state index contributed by atoms with van der Waals surface area (Å²) < 4.78 is 25.3. The molecule has 1 amide bonds. The van der Waals surface area contributed by atoms with Crippen molar-refractivity contribution in [3.05, 3.63) is 60.4 Å². The van der Waals surface area contributed by atoms with Crippen LogP contribution in [0.2, 0.25) is 0 Å². The highest BCUT2D eigenvalue weighted by molar-refractivity contribution is 7.92. The quantitative estimate of drug-likeness (QED) is 0.870. The van der Waals surface area contributed by atoms with Crippen molar-refractivity contribution in [3.8, 4) is 0 Å². The van der Waals surface area contributed by atoms with Gasteiger partial charge in [-0.2, -0.15) is 0 Å². The van der Waals surface area contributed by atoms with Crippen molar-refractivity contribution in [2.75, 3.05) is 10.6 Å². The first-order valence-corrected chi connectivity index (χ1v) is 8.96. The van der Waals surface area contributed by atoms with E-state index in [2.05, 4.69) is 10.3 Å². The monoisotopic (exact) mass is 333 g/mol. The van der Waals surface area contributed by atoms with E-state index in [9.17, 15) is 13.2 Å². The van der Waals surface area contributed by atoms with Crippen LogP contribution in [0, 0.1) is 0 Å². The summed E-state index contributed by atoms with van der Waals surface area (Å²) in [6, 6.07) is 13.1. The second-order valence-corrected chi connectivity index (χ2v) is 6.97. The third-order valence-electron chi connectivity index (χ3n) is 3.27. The summed E-state index contributed by atoms with van der Waals surface area (Å²) in [5.74, 6) is -0.384. The van der Waals surface area contributed by atoms with Gasteiger partial charge >= 0.3 is 0 Å². The second-order valence-electron chi connectivity index (χ2n) is 5.11. The van der Waals surface area contributed by atoms with Crippen molar-refractivity contribution in [2.24, 2.45) is 0 Å². The minimum atomic E-state index is -3.59. The SMILES string of the molecule is CC(C(=O)NCc1ccccn1)N(c1ccccc1)S(C)(=O)=O. The molecule has 1 aromatic carbocycles. The Bertz CT molecular complexity index is 749. The lowest BCUT2D eigenvalue weighted by Gasteiger charge is -2.28. The van der Waals surface area contributed by atoms with Gasteiger partial charge < -0.3 is 5.32 Å². The molecule has 23 heavy (non-hydrogen) atoms. The zero-order valence-corrected chi connectivity index (χ0v) is 13.8. The lowest BCUT2D eigenvalue weighted by atomic mass is 10.2. The lowest BCUT2D eigenvalue weighted by Crippen LogP contribution is -2.47. The number of hydrogen-bond donors (Lipinski definition) is 1. The van der Waals surface area contributed by atoms with Gasteiger partial charge in [-0.15, -0.1) is 0 Å². The highest BCUT2D eigenvalue weighted by Gasteiger charge is 2.28. The molecule has 2 aromatic rings. The molecule has 1 N–H and O–H groups in total. The van der Waals surface area contributed by atoms with Crippen molar-refractivity contribution in [2.45, 2.75) is 19.5 Å². The van der Waals surface area contributed by atoms with Crippen LogP contribution in [0.15, 0.2) is 54.7 Å². The number of carbonyl (C=O) groups is 1. The number of sulfonamides is 1. The zero-order chi connectivity index (χ0) is 16.9. The van der Waals surface area contributed by atoms with Gasteiger partial charge in [0.05, 0.1) is 24.2 Å². The highest BCUT2D eigenvalue weighted by Crippen LogP contribution is 2.20. The van der Waals surface area contributed by atoms with Crippen LogP contribution in [0.5, 0.6) is 0 Å². The van der Waals surface area contributed by atoms with Gasteiger partial charge in [0.2, 0.25) is 15.9 Å². The molecule has 1 unspecified atom stereocenters. The number of hydrogen-bond acceptors (Lipinski definition) is 4. The van der Waals surface area contributed by atoms with E-state index in [1.54, 1.807) is 55.6 Å². The number of anilines is 1. The summed E-state index contributed by atoms with van der Waals surface area (Å²) in [7, 11) is -3.59. The molecule has 0 saturated heterocycles. The fourth-order valence-electron chi connectivity index (χ4n) is 2.21. The van der Waals surface area contributed by atoms with Crippen LogP contribution in [-0.2, 0) is 21.4 Å². The van der Waals surface area contributed by atoms with E-state index in [0.717, 1.165) is 10.6 Å². The molecule has 1 heterocycles. The number of benzene rings is 1. The van der Waals surface area contributed by atoms with Crippen LogP contribution < -0.4 is 9.62 Å². The van der Waals surface area contributed by atoms with E-state index in [4.69, 9.17) is 0 Å². The fourth-order valence-corrected chi connectivity index (χ4v) is 3.39. The van der Waals surface area contributed by atoms with E-state index in [-0.39, 0.29) is 12.5 Å². The summed E-state index contributed by atoms with van der Waals surface area (Å²) in [4.78, 5) is 16.4. The van der Waals surface area contributed by atoms with Gasteiger partial charge in [0.15, 0.2) is 0 Å². The minimum Gasteiger partial charge on any atom is -0.349 e. The van der Waals surface area contributed by atoms with Crippen LogP contribution in [0.4, 0.5) is 5.69 Å². The molecule has 6 nitrogen and oxygen atoms in total. The normalized spacial score (nSPS) is 12.4. The van der Waals surface area contributed by atoms with E-state index < -0.39 is 16.1 Å². The summed E-state index contributed by atoms with van der Waals surface area (Å²) in [6.07, 6.45) is 2.72. The predicted octanol–water partition coefficient (Wildman–Crippen LogP) is 1.55. The largest absolute Gasteiger partial charge is 0.349 e. The maximum atomic E-state index is 12.3. The molecule has 0 aliphatic heterocycles. The number of nitrogens with zero attached hydrogens (tertiary/aromatic N) is 2. The third-order valence-corrected chi connectivity index (χ3v) is 4.51. The van der Waals surface area contributed by atoms with Gasteiger partial charge in [-0.25, -0.2) is 8.42 Å². The number of para-hydroxylation sites is 1. The van der Waals surface area contributed by atoms with E-state index in [1.807, 2.05) is 6.07 Å². The fraction of sp³-hybridized carbons (Fsp3) is 0.250. The van der Waals surface area contributed by atoms with Crippen LogP contribution in [0.3, 0.4) is 0 Å². The topological polar surface area (TPSA) is 79.4 Å². The maximum Gasteiger partial charge on any atom is 0.243 e. The van der Waals surface area contributed by atoms with Crippen LogP contribution in [-0.4, -0.2) is 31.6 Å². The summed E-state index contributed by atoms with van der Waals surface area (Å²) in [5, 5.41) is 2.71. The second kappa shape index (κ2) is 7.23. The Morgan fingerprint density at radius 2 is 1.83 bits per heavy atom. The zero-order valence-electron chi connectivity index (χ0n) is 13.0. The molecule has 0 fully saturated rings. The van der Waals surface area contributed by atoms with Crippen LogP contribution in [0.1, 0.15) is 12.6 Å². The van der Waals surface area contributed by atoms with Crippen LogP contribution >= 0.6 is 0 Å². The number of aromatic nitrogens is 1. The first kappa shape index (κ1) is 17.0. The molecule has 0 aliphatic carbocycles. The van der Waals surface area contributed by atoms with Gasteiger partial charge in [-0.3, -0.25) is 14.1 Å². The Kier molecular flexibility index (Phi) is 5.33. The first-order valence-electron chi connectivity index (χ1n) is 7.11. The van der Waals surface area contributed by atoms with Crippen molar-refractivity contribution < 1.29 is 13.2 Å². The molecule has 122 valence electrons. The number of rotatable bonds is 6. The third kappa shape index (κ3) is 4.53.